The van der Waals surface area contributed by atoms with Gasteiger partial charge in [-0.1, -0.05) is 0 Å². The van der Waals surface area contributed by atoms with Gasteiger partial charge in [0.1, 0.15) is 5.56 Å². The van der Waals surface area contributed by atoms with Crippen molar-refractivity contribution >= 4 is 16.1 Å². The van der Waals surface area contributed by atoms with E-state index < -0.39 is 44.6 Å². The van der Waals surface area contributed by atoms with E-state index in [1.165, 1.54) is 0 Å². The summed E-state index contributed by atoms with van der Waals surface area (Å²) >= 11 is 0. The minimum atomic E-state index is -6.31. The Morgan fingerprint density at radius 1 is 1.10 bits per heavy atom. The van der Waals surface area contributed by atoms with Crippen molar-refractivity contribution in [1.82, 2.24) is 0 Å². The topological polar surface area (TPSA) is 80.7 Å². The summed E-state index contributed by atoms with van der Waals surface area (Å²) in [5.41, 5.74) is -8.80. The van der Waals surface area contributed by atoms with E-state index in [0.29, 0.717) is 6.07 Å². The Balaban J connectivity index is 3.41. The minimum absolute atomic E-state index is 0.0381. The molecular weight excluding hydrogens is 334 g/mol. The van der Waals surface area contributed by atoms with Crippen molar-refractivity contribution in [2.45, 2.75) is 11.7 Å². The van der Waals surface area contributed by atoms with Crippen LogP contribution in [0.3, 0.4) is 0 Å². The molecule has 5 nitrogen and oxygen atoms in total. The third-order valence-electron chi connectivity index (χ3n) is 2.01. The van der Waals surface area contributed by atoms with Crippen molar-refractivity contribution in [2.75, 3.05) is 0 Å². The number of alkyl halides is 6. The highest BCUT2D eigenvalue weighted by Crippen LogP contribution is 2.39. The van der Waals surface area contributed by atoms with Gasteiger partial charge in [0.25, 0.3) is 0 Å². The SMILES string of the molecule is O=C(O)c1ccc(OS(=O)(=O)C(F)(F)F)c(C(F)(F)F)c1. The van der Waals surface area contributed by atoms with Crippen molar-refractivity contribution in [1.29, 1.82) is 0 Å². The molecule has 0 bridgehead atoms. The maximum atomic E-state index is 12.6. The Hall–Kier alpha value is -1.98. The molecule has 0 aliphatic rings. The lowest BCUT2D eigenvalue weighted by atomic mass is 10.1. The first-order chi connectivity index (χ1) is 9.25. The van der Waals surface area contributed by atoms with Crippen LogP contribution < -0.4 is 4.18 Å². The number of aromatic carboxylic acids is 1. The van der Waals surface area contributed by atoms with Crippen LogP contribution in [0, 0.1) is 0 Å². The van der Waals surface area contributed by atoms with Crippen molar-refractivity contribution in [3.8, 4) is 5.75 Å². The van der Waals surface area contributed by atoms with Gasteiger partial charge in [-0.05, 0) is 18.2 Å². The molecule has 0 amide bonds. The predicted octanol–water partition coefficient (Wildman–Crippen LogP) is 2.63. The summed E-state index contributed by atoms with van der Waals surface area (Å²) in [5.74, 6) is -3.46. The quantitative estimate of drug-likeness (QED) is 0.521. The van der Waals surface area contributed by atoms with Gasteiger partial charge >= 0.3 is 27.8 Å². The second kappa shape index (κ2) is 5.09. The van der Waals surface area contributed by atoms with Crippen LogP contribution in [0.15, 0.2) is 18.2 Å². The van der Waals surface area contributed by atoms with Crippen LogP contribution in [0.4, 0.5) is 26.3 Å². The summed E-state index contributed by atoms with van der Waals surface area (Å²) in [7, 11) is -6.31. The molecule has 0 aliphatic heterocycles. The summed E-state index contributed by atoms with van der Waals surface area (Å²) < 4.78 is 98.8. The smallest absolute Gasteiger partial charge is 0.478 e. The van der Waals surface area contributed by atoms with Gasteiger partial charge in [-0.25, -0.2) is 4.79 Å². The maximum Gasteiger partial charge on any atom is 0.534 e. The van der Waals surface area contributed by atoms with Gasteiger partial charge in [-0.3, -0.25) is 0 Å². The van der Waals surface area contributed by atoms with E-state index in [0.717, 1.165) is 0 Å². The van der Waals surface area contributed by atoms with Gasteiger partial charge in [0.05, 0.1) is 5.56 Å². The molecule has 12 heteroatoms. The van der Waals surface area contributed by atoms with Gasteiger partial charge in [0.15, 0.2) is 5.75 Å². The summed E-state index contributed by atoms with van der Waals surface area (Å²) in [6.45, 7) is 0. The van der Waals surface area contributed by atoms with E-state index in [2.05, 4.69) is 4.18 Å². The average Bonchev–Trinajstić information content (AvgIpc) is 2.25. The number of benzene rings is 1. The van der Waals surface area contributed by atoms with Crippen LogP contribution in [-0.4, -0.2) is 25.0 Å². The number of carboxylic acids is 1. The lowest BCUT2D eigenvalue weighted by Crippen LogP contribution is -2.29. The fraction of sp³-hybridized carbons (Fsp3) is 0.222. The van der Waals surface area contributed by atoms with E-state index in [4.69, 9.17) is 5.11 Å². The summed E-state index contributed by atoms with van der Waals surface area (Å²) in [6.07, 6.45) is -5.32. The van der Waals surface area contributed by atoms with Crippen molar-refractivity contribution in [3.63, 3.8) is 0 Å². The molecule has 21 heavy (non-hydrogen) atoms. The molecule has 0 spiro atoms. The molecule has 118 valence electrons. The van der Waals surface area contributed by atoms with Gasteiger partial charge in [0.2, 0.25) is 0 Å². The Labute approximate surface area is 112 Å². The number of hydrogen-bond donors (Lipinski definition) is 1. The molecule has 0 aliphatic carbocycles. The first-order valence-electron chi connectivity index (χ1n) is 4.71. The Morgan fingerprint density at radius 3 is 2.00 bits per heavy atom. The first-order valence-corrected chi connectivity index (χ1v) is 6.12. The van der Waals surface area contributed by atoms with E-state index in [9.17, 15) is 39.6 Å². The highest BCUT2D eigenvalue weighted by Gasteiger charge is 2.49. The molecule has 0 unspecified atom stereocenters. The van der Waals surface area contributed by atoms with Crippen molar-refractivity contribution in [2.24, 2.45) is 0 Å². The van der Waals surface area contributed by atoms with Crippen LogP contribution in [0.25, 0.3) is 0 Å². The number of rotatable bonds is 3. The summed E-state index contributed by atoms with van der Waals surface area (Å²) in [5, 5.41) is 8.52. The molecule has 0 saturated carbocycles. The molecule has 1 rings (SSSR count). The normalized spacial score (nSPS) is 13.0. The molecule has 0 heterocycles. The van der Waals surface area contributed by atoms with Gasteiger partial charge in [-0.2, -0.15) is 34.8 Å². The number of carboxylic acid groups (broad SMARTS) is 1. The van der Waals surface area contributed by atoms with E-state index >= 15 is 0 Å². The number of carbonyl (C=O) groups is 1. The zero-order chi connectivity index (χ0) is 16.6. The maximum absolute atomic E-state index is 12.6. The Kier molecular flexibility index (Phi) is 4.14. The average molecular weight is 338 g/mol. The molecule has 0 atom stereocenters. The van der Waals surface area contributed by atoms with E-state index in [1.807, 2.05) is 0 Å². The number of halogens is 6. The standard InChI is InChI=1S/C9H4F6O5S/c10-8(11,12)5-3-4(7(16)17)1-2-6(5)20-21(18,19)9(13,14)15/h1-3H,(H,16,17). The molecular formula is C9H4F6O5S. The fourth-order valence-corrected chi connectivity index (χ4v) is 1.60. The highest BCUT2D eigenvalue weighted by molar-refractivity contribution is 7.88. The second-order valence-corrected chi connectivity index (χ2v) is 5.03. The molecule has 0 saturated heterocycles. The van der Waals surface area contributed by atoms with Gasteiger partial charge in [-0.15, -0.1) is 0 Å². The minimum Gasteiger partial charge on any atom is -0.478 e. The van der Waals surface area contributed by atoms with Crippen molar-refractivity contribution < 1.29 is 48.8 Å². The molecule has 1 aromatic carbocycles. The second-order valence-electron chi connectivity index (χ2n) is 3.50. The van der Waals surface area contributed by atoms with E-state index in [1.54, 1.807) is 0 Å². The van der Waals surface area contributed by atoms with Gasteiger partial charge in [0, 0.05) is 0 Å². The molecule has 0 radical (unpaired) electrons. The monoisotopic (exact) mass is 338 g/mol. The third-order valence-corrected chi connectivity index (χ3v) is 2.98. The van der Waals surface area contributed by atoms with Crippen LogP contribution in [-0.2, 0) is 16.3 Å². The van der Waals surface area contributed by atoms with Crippen LogP contribution in [0.2, 0.25) is 0 Å². The first kappa shape index (κ1) is 17.1. The zero-order valence-corrected chi connectivity index (χ0v) is 10.3. The van der Waals surface area contributed by atoms with Crippen LogP contribution in [0.1, 0.15) is 15.9 Å². The lowest BCUT2D eigenvalue weighted by molar-refractivity contribution is -0.138. The highest BCUT2D eigenvalue weighted by atomic mass is 32.2. The van der Waals surface area contributed by atoms with Crippen LogP contribution in [0.5, 0.6) is 5.75 Å². The lowest BCUT2D eigenvalue weighted by Gasteiger charge is -2.15. The van der Waals surface area contributed by atoms with E-state index in [-0.39, 0.29) is 12.1 Å². The molecule has 1 N–H and O–H groups in total. The van der Waals surface area contributed by atoms with Crippen molar-refractivity contribution in [3.05, 3.63) is 29.3 Å². The molecule has 1 aromatic rings. The number of hydrogen-bond acceptors (Lipinski definition) is 4. The Bertz CT molecular complexity index is 660. The largest absolute Gasteiger partial charge is 0.534 e. The summed E-state index contributed by atoms with van der Waals surface area (Å²) in [4.78, 5) is 10.5. The van der Waals surface area contributed by atoms with Crippen LogP contribution >= 0.6 is 0 Å². The Morgan fingerprint density at radius 2 is 1.62 bits per heavy atom. The molecule has 0 aromatic heterocycles. The van der Waals surface area contributed by atoms with Gasteiger partial charge < -0.3 is 9.29 Å². The zero-order valence-electron chi connectivity index (χ0n) is 9.49. The third kappa shape index (κ3) is 3.77. The fourth-order valence-electron chi connectivity index (χ4n) is 1.12. The molecule has 0 fully saturated rings. The predicted molar refractivity (Wildman–Crippen MR) is 54.0 cm³/mol. The summed E-state index contributed by atoms with van der Waals surface area (Å²) in [6, 6.07) is 0.609.